The molecule has 6 rings (SSSR count). The molecule has 0 fully saturated rings. The Bertz CT molecular complexity index is 1980. The molecule has 0 N–H and O–H groups in total. The van der Waals surface area contributed by atoms with Gasteiger partial charge in [0, 0.05) is 23.5 Å². The van der Waals surface area contributed by atoms with E-state index in [4.69, 9.17) is 4.74 Å². The number of nitrogens with zero attached hydrogens (tertiary/aromatic N) is 1. The van der Waals surface area contributed by atoms with E-state index in [1.54, 1.807) is 26.3 Å². The summed E-state index contributed by atoms with van der Waals surface area (Å²) in [5, 5.41) is 8.79. The molecule has 0 saturated heterocycles. The molecular formula is C52H59Br2NO4P2. The summed E-state index contributed by atoms with van der Waals surface area (Å²) in [6.45, 7) is 5.43. The number of benzene rings is 6. The number of hydrogen-bond acceptors (Lipinski definition) is 5. The first-order valence-electron chi connectivity index (χ1n) is 19.2. The van der Waals surface area contributed by atoms with Gasteiger partial charge in [-0.1, -0.05) is 175 Å². The Morgan fingerprint density at radius 2 is 0.820 bits per heavy atom. The fraction of sp³-hybridized carbons (Fsp3) is 0.173. The van der Waals surface area contributed by atoms with Gasteiger partial charge in [0.2, 0.25) is 0 Å². The molecule has 6 aromatic carbocycles. The summed E-state index contributed by atoms with van der Waals surface area (Å²) in [5.41, 5.74) is 1.28. The quantitative estimate of drug-likeness (QED) is 0.0447. The van der Waals surface area contributed by atoms with E-state index in [1.807, 2.05) is 38.1 Å². The van der Waals surface area contributed by atoms with Gasteiger partial charge in [-0.25, -0.2) is 9.59 Å². The third-order valence-electron chi connectivity index (χ3n) is 8.96. The van der Waals surface area contributed by atoms with Crippen LogP contribution in [-0.2, 0) is 19.1 Å². The van der Waals surface area contributed by atoms with Gasteiger partial charge >= 0.3 is 11.9 Å². The third-order valence-corrected chi connectivity index (χ3v) is 16.0. The third kappa shape index (κ3) is 17.3. The molecule has 0 amide bonds. The second-order valence-electron chi connectivity index (χ2n) is 12.8. The van der Waals surface area contributed by atoms with Gasteiger partial charge in [0.1, 0.15) is 23.2 Å². The molecule has 0 spiro atoms. The zero-order chi connectivity index (χ0) is 42.7. The molecule has 6 aromatic rings. The van der Waals surface area contributed by atoms with E-state index in [1.165, 1.54) is 46.0 Å². The molecule has 0 unspecified atom stereocenters. The molecule has 0 saturated carbocycles. The molecule has 320 valence electrons. The maximum Gasteiger partial charge on any atom is 0.333 e. The molecule has 0 aromatic heterocycles. The molecule has 0 atom stereocenters. The first kappa shape index (κ1) is 54.2. The summed E-state index contributed by atoms with van der Waals surface area (Å²) >= 11 is 3.16. The van der Waals surface area contributed by atoms with Crippen LogP contribution in [0.15, 0.2) is 210 Å². The van der Waals surface area contributed by atoms with Crippen LogP contribution < -0.4 is 48.8 Å². The van der Waals surface area contributed by atoms with Crippen molar-refractivity contribution in [2.24, 2.45) is 4.99 Å². The van der Waals surface area contributed by atoms with Crippen molar-refractivity contribution in [3.8, 4) is 0 Å². The maximum atomic E-state index is 12.0. The Morgan fingerprint density at radius 3 is 1.07 bits per heavy atom. The zero-order valence-electron chi connectivity index (χ0n) is 35.2. The minimum Gasteiger partial charge on any atom is -1.00 e. The van der Waals surface area contributed by atoms with Crippen LogP contribution in [-0.4, -0.2) is 50.9 Å². The van der Waals surface area contributed by atoms with Crippen LogP contribution >= 0.6 is 31.1 Å². The topological polar surface area (TPSA) is 65.0 Å². The number of carbonyl (C=O) groups excluding carboxylic acids is 2. The summed E-state index contributed by atoms with van der Waals surface area (Å²) in [6.07, 6.45) is 6.31. The minimum atomic E-state index is -1.94. The lowest BCUT2D eigenvalue weighted by Gasteiger charge is -2.26. The van der Waals surface area contributed by atoms with Crippen molar-refractivity contribution < 1.29 is 36.0 Å². The number of methoxy groups -OCH3 is 2. The number of rotatable bonds is 11. The van der Waals surface area contributed by atoms with E-state index in [0.717, 1.165) is 6.16 Å². The van der Waals surface area contributed by atoms with Gasteiger partial charge in [0.05, 0.1) is 20.4 Å². The predicted octanol–water partition coefficient (Wildman–Crippen LogP) is 7.39. The van der Waals surface area contributed by atoms with E-state index in [9.17, 15) is 9.59 Å². The van der Waals surface area contributed by atoms with E-state index >= 15 is 0 Å². The predicted molar refractivity (Wildman–Crippen MR) is 267 cm³/mol. The Kier molecular flexibility index (Phi) is 27.7. The van der Waals surface area contributed by atoms with Crippen molar-refractivity contribution in [2.45, 2.75) is 28.2 Å². The molecule has 0 aliphatic heterocycles. The highest BCUT2D eigenvalue weighted by atomic mass is 79.9. The van der Waals surface area contributed by atoms with Crippen molar-refractivity contribution in [2.75, 3.05) is 32.8 Å². The summed E-state index contributed by atoms with van der Waals surface area (Å²) in [7, 11) is 2.16. The molecule has 0 bridgehead atoms. The molecular weight excluding hydrogens is 924 g/mol. The average molecular weight is 984 g/mol. The number of alkyl halides is 1. The second kappa shape index (κ2) is 31.1. The number of esters is 2. The summed E-state index contributed by atoms with van der Waals surface area (Å²) in [4.78, 5) is 26.2. The van der Waals surface area contributed by atoms with E-state index < -0.39 is 15.2 Å². The highest BCUT2D eigenvalue weighted by molar-refractivity contribution is 9.09. The minimum absolute atomic E-state index is 0. The molecule has 0 aliphatic rings. The highest BCUT2D eigenvalue weighted by Gasteiger charge is 2.44. The fourth-order valence-electron chi connectivity index (χ4n) is 5.87. The lowest BCUT2D eigenvalue weighted by Crippen LogP contribution is -3.00. The Morgan fingerprint density at radius 1 is 0.557 bits per heavy atom. The van der Waals surface area contributed by atoms with Gasteiger partial charge in [0.15, 0.2) is 0 Å². The van der Waals surface area contributed by atoms with Crippen LogP contribution in [0.1, 0.15) is 28.2 Å². The van der Waals surface area contributed by atoms with E-state index in [2.05, 4.69) is 189 Å². The first-order chi connectivity index (χ1) is 28.8. The van der Waals surface area contributed by atoms with Crippen LogP contribution in [0.4, 0.5) is 0 Å². The average Bonchev–Trinajstić information content (AvgIpc) is 3.31. The van der Waals surface area contributed by atoms with Gasteiger partial charge in [-0.2, -0.15) is 0 Å². The van der Waals surface area contributed by atoms with Crippen LogP contribution in [0.5, 0.6) is 0 Å². The van der Waals surface area contributed by atoms with Gasteiger partial charge in [-0.3, -0.25) is 0 Å². The number of aliphatic imine (C=N–C) groups is 1. The smallest absolute Gasteiger partial charge is 0.333 e. The van der Waals surface area contributed by atoms with Crippen LogP contribution in [0.25, 0.3) is 0 Å². The second-order valence-corrected chi connectivity index (χ2v) is 19.2. The summed E-state index contributed by atoms with van der Waals surface area (Å²) < 4.78 is 9.34. The number of allylic oxidation sites excluding steroid dienone is 2. The molecule has 0 heterocycles. The largest absolute Gasteiger partial charge is 1.00 e. The van der Waals surface area contributed by atoms with Crippen molar-refractivity contribution in [3.63, 3.8) is 0 Å². The molecule has 0 aliphatic carbocycles. The van der Waals surface area contributed by atoms with Crippen molar-refractivity contribution in [1.82, 2.24) is 0 Å². The lowest BCUT2D eigenvalue weighted by molar-refractivity contribution is -0.136. The molecule has 9 heteroatoms. The number of ether oxygens (including phenoxy) is 2. The van der Waals surface area contributed by atoms with Gasteiger partial charge in [-0.05, 0) is 93.3 Å². The van der Waals surface area contributed by atoms with Crippen molar-refractivity contribution in [1.29, 1.82) is 0 Å². The van der Waals surface area contributed by atoms with Gasteiger partial charge in [0.25, 0.3) is 0 Å². The SMILES string of the molecule is C.CC=NC.COC(=O)/C(C)=C/CBr.COC(=O)/C(C)=C/C[P+](c1ccccc1)(c1ccccc1)c1ccccc1.[Br-].c1ccc(P(c2ccccc2)c2ccccc2)cc1. The lowest BCUT2D eigenvalue weighted by atomic mass is 10.3. The summed E-state index contributed by atoms with van der Waals surface area (Å²) in [6, 6.07) is 64.2. The monoisotopic (exact) mass is 981 g/mol. The zero-order valence-corrected chi connectivity index (χ0v) is 40.2. The number of halogens is 2. The Hall–Kier alpha value is -4.77. The van der Waals surface area contributed by atoms with Crippen LogP contribution in [0, 0.1) is 0 Å². The first-order valence-corrected chi connectivity index (χ1v) is 23.6. The van der Waals surface area contributed by atoms with E-state index in [-0.39, 0.29) is 36.3 Å². The fourth-order valence-corrected chi connectivity index (χ4v) is 12.8. The normalized spacial score (nSPS) is 10.8. The van der Waals surface area contributed by atoms with Crippen LogP contribution in [0.2, 0.25) is 0 Å². The standard InChI is InChI=1S/C24H24O2P.C18H15P.C6H9BrO2.C3H7N.CH4.BrH/c1-20(24(25)26-2)18-19-27(21-12-6-3-7-13-21,22-14-8-4-9-15-22)23-16-10-5-11-17-23;1-4-10-16(11-5-1)19(17-12-6-2-7-13-17)18-14-8-3-9-15-18;1-5(3-4-7)6(8)9-2;1-3-4-2;;/h3-18H,19H2,1-2H3;1-15H;3H,4H2,1-2H3;3H,1-2H3;1H4;1H/q+1;;;;;/p-1/b20-18+;;5-3+;;;. The summed E-state index contributed by atoms with van der Waals surface area (Å²) in [5.74, 6) is -0.545. The number of carbonyl (C=O) groups is 2. The molecule has 0 radical (unpaired) electrons. The highest BCUT2D eigenvalue weighted by Crippen LogP contribution is 2.55. The number of hydrogen-bond donors (Lipinski definition) is 0. The van der Waals surface area contributed by atoms with Gasteiger partial charge < -0.3 is 31.4 Å². The Balaban J connectivity index is 0.000000476. The van der Waals surface area contributed by atoms with Crippen molar-refractivity contribution in [3.05, 3.63) is 205 Å². The van der Waals surface area contributed by atoms with Crippen LogP contribution in [0.3, 0.4) is 0 Å². The maximum absolute atomic E-state index is 12.0. The van der Waals surface area contributed by atoms with Gasteiger partial charge in [-0.15, -0.1) is 0 Å². The molecule has 5 nitrogen and oxygen atoms in total. The van der Waals surface area contributed by atoms with E-state index in [0.29, 0.717) is 16.5 Å². The molecule has 61 heavy (non-hydrogen) atoms. The van der Waals surface area contributed by atoms with Crippen molar-refractivity contribution >= 4 is 81.1 Å². The Labute approximate surface area is 386 Å².